The molecule has 35 heavy (non-hydrogen) atoms. The molecule has 2 aliphatic rings. The van der Waals surface area contributed by atoms with Gasteiger partial charge in [0.25, 0.3) is 5.91 Å². The monoisotopic (exact) mass is 469 g/mol. The van der Waals surface area contributed by atoms with Gasteiger partial charge in [0, 0.05) is 19.0 Å². The van der Waals surface area contributed by atoms with E-state index in [1.165, 1.54) is 5.56 Å². The lowest BCUT2D eigenvalue weighted by Gasteiger charge is -2.24. The molecule has 3 aromatic carbocycles. The van der Waals surface area contributed by atoms with E-state index in [2.05, 4.69) is 44.3 Å². The Bertz CT molecular complexity index is 1310. The number of ketones is 1. The molecule has 5 rings (SSSR count). The van der Waals surface area contributed by atoms with Gasteiger partial charge in [-0.25, -0.2) is 0 Å². The van der Waals surface area contributed by atoms with Crippen LogP contribution >= 0.6 is 0 Å². The highest BCUT2D eigenvalue weighted by molar-refractivity contribution is 5.96. The van der Waals surface area contributed by atoms with E-state index in [1.807, 2.05) is 42.5 Å². The first-order valence-corrected chi connectivity index (χ1v) is 12.1. The summed E-state index contributed by atoms with van der Waals surface area (Å²) in [5.41, 5.74) is 5.29. The molecule has 0 atom stereocenters. The van der Waals surface area contributed by atoms with Crippen molar-refractivity contribution in [1.29, 1.82) is 0 Å². The van der Waals surface area contributed by atoms with Gasteiger partial charge in [0.2, 0.25) is 6.79 Å². The van der Waals surface area contributed by atoms with Crippen molar-refractivity contribution in [2.24, 2.45) is 0 Å². The Hall–Kier alpha value is -3.60. The zero-order valence-electron chi connectivity index (χ0n) is 20.7. The molecule has 180 valence electrons. The maximum atomic E-state index is 13.6. The average Bonchev–Trinajstić information content (AvgIpc) is 3.53. The standard InChI is InChI=1S/C30H31NO4/c1-29(2,3)24-10-8-19(14-23(24)20-6-5-7-21(16-20)28(33)31-4)15-27(32)30(12-13-30)22-9-11-25-26(17-22)35-18-34-25/h5-11,14,16-17H,12-13,15,18H2,1-4H3,(H,31,33). The summed E-state index contributed by atoms with van der Waals surface area (Å²) in [5, 5.41) is 2.70. The van der Waals surface area contributed by atoms with E-state index in [9.17, 15) is 9.59 Å². The number of ether oxygens (including phenoxy) is 2. The Labute approximate surface area is 206 Å². The van der Waals surface area contributed by atoms with E-state index in [-0.39, 0.29) is 23.9 Å². The first-order valence-electron chi connectivity index (χ1n) is 12.1. The van der Waals surface area contributed by atoms with Crippen LogP contribution in [0.15, 0.2) is 60.7 Å². The number of carbonyl (C=O) groups is 2. The quantitative estimate of drug-likeness (QED) is 0.512. The zero-order chi connectivity index (χ0) is 24.8. The van der Waals surface area contributed by atoms with Gasteiger partial charge >= 0.3 is 0 Å². The summed E-state index contributed by atoms with van der Waals surface area (Å²) in [4.78, 5) is 25.8. The molecular formula is C30H31NO4. The number of carbonyl (C=O) groups excluding carboxylic acids is 2. The van der Waals surface area contributed by atoms with Gasteiger partial charge in [-0.2, -0.15) is 0 Å². The van der Waals surface area contributed by atoms with Crippen LogP contribution in [0, 0.1) is 0 Å². The minimum absolute atomic E-state index is 0.0922. The molecule has 1 amide bonds. The van der Waals surface area contributed by atoms with Gasteiger partial charge in [-0.15, -0.1) is 0 Å². The van der Waals surface area contributed by atoms with Gasteiger partial charge in [-0.05, 0) is 70.3 Å². The minimum atomic E-state index is -0.441. The molecule has 0 unspecified atom stereocenters. The summed E-state index contributed by atoms with van der Waals surface area (Å²) in [6, 6.07) is 19.9. The zero-order valence-corrected chi connectivity index (χ0v) is 20.7. The van der Waals surface area contributed by atoms with Crippen LogP contribution in [0.2, 0.25) is 0 Å². The summed E-state index contributed by atoms with van der Waals surface area (Å²) in [5.74, 6) is 1.56. The smallest absolute Gasteiger partial charge is 0.251 e. The van der Waals surface area contributed by atoms with E-state index < -0.39 is 5.41 Å². The summed E-state index contributed by atoms with van der Waals surface area (Å²) < 4.78 is 11.0. The third-order valence-electron chi connectivity index (χ3n) is 7.13. The van der Waals surface area contributed by atoms with Crippen LogP contribution in [0.3, 0.4) is 0 Å². The topological polar surface area (TPSA) is 64.6 Å². The Morgan fingerprint density at radius 2 is 1.71 bits per heavy atom. The van der Waals surface area contributed by atoms with Gasteiger partial charge < -0.3 is 14.8 Å². The molecule has 1 aliphatic carbocycles. The maximum Gasteiger partial charge on any atom is 0.251 e. The number of Topliss-reactive ketones (excluding diaryl/α,β-unsaturated/α-hetero) is 1. The lowest BCUT2D eigenvalue weighted by Crippen LogP contribution is -2.22. The fraction of sp³-hybridized carbons (Fsp3) is 0.333. The molecule has 1 heterocycles. The van der Waals surface area contributed by atoms with Crippen molar-refractivity contribution >= 4 is 11.7 Å². The number of hydrogen-bond acceptors (Lipinski definition) is 4. The van der Waals surface area contributed by atoms with Gasteiger partial charge in [-0.3, -0.25) is 9.59 Å². The van der Waals surface area contributed by atoms with Crippen molar-refractivity contribution in [3.63, 3.8) is 0 Å². The first kappa shape index (κ1) is 23.2. The molecule has 1 aliphatic heterocycles. The van der Waals surface area contributed by atoms with E-state index in [0.717, 1.165) is 46.6 Å². The Morgan fingerprint density at radius 1 is 0.943 bits per heavy atom. The third-order valence-corrected chi connectivity index (χ3v) is 7.13. The molecule has 5 nitrogen and oxygen atoms in total. The first-order chi connectivity index (χ1) is 16.7. The van der Waals surface area contributed by atoms with Crippen molar-refractivity contribution in [3.05, 3.63) is 82.9 Å². The highest BCUT2D eigenvalue weighted by Crippen LogP contribution is 2.51. The molecule has 0 aromatic heterocycles. The van der Waals surface area contributed by atoms with Crippen molar-refractivity contribution in [1.82, 2.24) is 5.32 Å². The largest absolute Gasteiger partial charge is 0.454 e. The van der Waals surface area contributed by atoms with Crippen molar-refractivity contribution in [3.8, 4) is 22.6 Å². The molecule has 0 spiro atoms. The van der Waals surface area contributed by atoms with Crippen LogP contribution < -0.4 is 14.8 Å². The van der Waals surface area contributed by atoms with Crippen molar-refractivity contribution in [2.45, 2.75) is 50.9 Å². The normalized spacial score (nSPS) is 15.5. The van der Waals surface area contributed by atoms with E-state index in [4.69, 9.17) is 9.47 Å². The van der Waals surface area contributed by atoms with Crippen molar-refractivity contribution < 1.29 is 19.1 Å². The third kappa shape index (κ3) is 4.31. The molecule has 5 heteroatoms. The Balaban J connectivity index is 1.47. The fourth-order valence-corrected chi connectivity index (χ4v) is 4.97. The van der Waals surface area contributed by atoms with Gasteiger partial charge in [-0.1, -0.05) is 57.2 Å². The second-order valence-electron chi connectivity index (χ2n) is 10.5. The number of benzene rings is 3. The SMILES string of the molecule is CNC(=O)c1cccc(-c2cc(CC(=O)C3(c4ccc5c(c4)OCO5)CC3)ccc2C(C)(C)C)c1. The number of hydrogen-bond donors (Lipinski definition) is 1. The van der Waals surface area contributed by atoms with E-state index in [1.54, 1.807) is 7.05 Å². The second-order valence-corrected chi connectivity index (χ2v) is 10.5. The number of nitrogens with one attached hydrogen (secondary N) is 1. The molecule has 1 fully saturated rings. The Morgan fingerprint density at radius 3 is 2.43 bits per heavy atom. The van der Waals surface area contributed by atoms with Crippen LogP contribution in [-0.2, 0) is 22.0 Å². The van der Waals surface area contributed by atoms with Crippen LogP contribution in [0.5, 0.6) is 11.5 Å². The predicted octanol–water partition coefficient (Wildman–Crippen LogP) is 5.58. The van der Waals surface area contributed by atoms with Gasteiger partial charge in [0.1, 0.15) is 5.78 Å². The molecular weight excluding hydrogens is 438 g/mol. The maximum absolute atomic E-state index is 13.6. The highest BCUT2D eigenvalue weighted by atomic mass is 16.7. The van der Waals surface area contributed by atoms with Crippen LogP contribution in [-0.4, -0.2) is 25.5 Å². The second kappa shape index (κ2) is 8.56. The molecule has 1 saturated carbocycles. The average molecular weight is 470 g/mol. The van der Waals surface area contributed by atoms with Crippen molar-refractivity contribution in [2.75, 3.05) is 13.8 Å². The lowest BCUT2D eigenvalue weighted by molar-refractivity contribution is -0.120. The predicted molar refractivity (Wildman–Crippen MR) is 136 cm³/mol. The molecule has 0 radical (unpaired) electrons. The van der Waals surface area contributed by atoms with Gasteiger partial charge in [0.15, 0.2) is 11.5 Å². The highest BCUT2D eigenvalue weighted by Gasteiger charge is 2.50. The van der Waals surface area contributed by atoms with Crippen LogP contribution in [0.25, 0.3) is 11.1 Å². The number of fused-ring (bicyclic) bond motifs is 1. The molecule has 1 N–H and O–H groups in total. The fourth-order valence-electron chi connectivity index (χ4n) is 4.97. The number of amides is 1. The summed E-state index contributed by atoms with van der Waals surface area (Å²) in [7, 11) is 1.63. The van der Waals surface area contributed by atoms with Crippen LogP contribution in [0.1, 0.15) is 60.7 Å². The molecule has 0 saturated heterocycles. The van der Waals surface area contributed by atoms with E-state index in [0.29, 0.717) is 12.0 Å². The van der Waals surface area contributed by atoms with Gasteiger partial charge in [0.05, 0.1) is 5.41 Å². The summed E-state index contributed by atoms with van der Waals surface area (Å²) in [6.07, 6.45) is 2.07. The van der Waals surface area contributed by atoms with Crippen LogP contribution in [0.4, 0.5) is 0 Å². The molecule has 3 aromatic rings. The summed E-state index contributed by atoms with van der Waals surface area (Å²) >= 11 is 0. The Kier molecular flexibility index (Phi) is 5.66. The molecule has 0 bridgehead atoms. The number of rotatable bonds is 6. The summed E-state index contributed by atoms with van der Waals surface area (Å²) in [6.45, 7) is 6.76. The lowest BCUT2D eigenvalue weighted by atomic mass is 9.80. The minimum Gasteiger partial charge on any atom is -0.454 e. The van der Waals surface area contributed by atoms with E-state index >= 15 is 0 Å².